The molecule has 1 heterocycles. The second-order valence-electron chi connectivity index (χ2n) is 8.24. The zero-order valence-electron chi connectivity index (χ0n) is 17.4. The van der Waals surface area contributed by atoms with Gasteiger partial charge < -0.3 is 10.1 Å². The van der Waals surface area contributed by atoms with Crippen molar-refractivity contribution < 1.29 is 13.9 Å². The van der Waals surface area contributed by atoms with E-state index in [9.17, 15) is 9.18 Å². The lowest BCUT2D eigenvalue weighted by Crippen LogP contribution is -2.37. The van der Waals surface area contributed by atoms with Crippen LogP contribution in [-0.2, 0) is 29.2 Å². The van der Waals surface area contributed by atoms with Crippen molar-refractivity contribution in [2.45, 2.75) is 38.5 Å². The molecule has 160 valence electrons. The Morgan fingerprint density at radius 2 is 1.63 bits per heavy atom. The summed E-state index contributed by atoms with van der Waals surface area (Å²) in [6.45, 7) is 6.10. The number of benzene rings is 2. The van der Waals surface area contributed by atoms with Crippen LogP contribution in [0.1, 0.15) is 29.5 Å². The fraction of sp³-hybridized carbons (Fsp3) is 0.458. The molecule has 2 fully saturated rings. The van der Waals surface area contributed by atoms with E-state index < -0.39 is 0 Å². The Morgan fingerprint density at radius 1 is 1.00 bits per heavy atom. The Bertz CT molecular complexity index is 815. The molecular formula is C24H30FN3O2. The van der Waals surface area contributed by atoms with E-state index >= 15 is 0 Å². The van der Waals surface area contributed by atoms with E-state index in [1.165, 1.54) is 17.7 Å². The summed E-state index contributed by atoms with van der Waals surface area (Å²) in [5, 5.41) is 3.04. The highest BCUT2D eigenvalue weighted by Gasteiger charge is 2.30. The Balaban J connectivity index is 1.23. The molecule has 5 nitrogen and oxygen atoms in total. The molecule has 30 heavy (non-hydrogen) atoms. The lowest BCUT2D eigenvalue weighted by molar-refractivity contribution is -0.122. The van der Waals surface area contributed by atoms with Gasteiger partial charge in [0.2, 0.25) is 5.91 Å². The van der Waals surface area contributed by atoms with Crippen LogP contribution in [0.5, 0.6) is 0 Å². The minimum absolute atomic E-state index is 0.0291. The first-order chi connectivity index (χ1) is 14.7. The highest BCUT2D eigenvalue weighted by molar-refractivity contribution is 5.78. The van der Waals surface area contributed by atoms with Crippen molar-refractivity contribution in [1.82, 2.24) is 15.1 Å². The molecule has 0 spiro atoms. The second kappa shape index (κ2) is 10.2. The third kappa shape index (κ3) is 6.36. The van der Waals surface area contributed by atoms with E-state index in [0.29, 0.717) is 25.7 Å². The highest BCUT2D eigenvalue weighted by atomic mass is 19.1. The van der Waals surface area contributed by atoms with Crippen LogP contribution >= 0.6 is 0 Å². The number of hydrogen-bond acceptors (Lipinski definition) is 4. The number of nitrogens with zero attached hydrogens (tertiary/aromatic N) is 2. The van der Waals surface area contributed by atoms with Gasteiger partial charge in [-0.15, -0.1) is 0 Å². The summed E-state index contributed by atoms with van der Waals surface area (Å²) in [4.78, 5) is 17.1. The first kappa shape index (κ1) is 21.0. The average Bonchev–Trinajstić information content (AvgIpc) is 3.61. The van der Waals surface area contributed by atoms with Crippen molar-refractivity contribution in [3.63, 3.8) is 0 Å². The number of halogens is 1. The molecule has 1 aliphatic heterocycles. The van der Waals surface area contributed by atoms with Gasteiger partial charge in [0.25, 0.3) is 0 Å². The SMILES string of the molecule is O=C(CN(Cc1ccc(F)cc1)C1CC1)NCc1ccc(CN2CCOCC2)cc1. The largest absolute Gasteiger partial charge is 0.379 e. The van der Waals surface area contributed by atoms with Gasteiger partial charge in [0, 0.05) is 38.8 Å². The van der Waals surface area contributed by atoms with Crippen LogP contribution in [0.3, 0.4) is 0 Å². The van der Waals surface area contributed by atoms with Gasteiger partial charge in [0.05, 0.1) is 19.8 Å². The van der Waals surface area contributed by atoms with Crippen molar-refractivity contribution in [2.75, 3.05) is 32.8 Å². The summed E-state index contributed by atoms with van der Waals surface area (Å²) in [7, 11) is 0. The van der Waals surface area contributed by atoms with Gasteiger partial charge in [-0.05, 0) is 41.7 Å². The zero-order valence-corrected chi connectivity index (χ0v) is 17.4. The number of amides is 1. The topological polar surface area (TPSA) is 44.8 Å². The van der Waals surface area contributed by atoms with E-state index in [-0.39, 0.29) is 11.7 Å². The number of ether oxygens (including phenoxy) is 1. The summed E-state index contributed by atoms with van der Waals surface area (Å²) < 4.78 is 18.5. The van der Waals surface area contributed by atoms with Gasteiger partial charge in [-0.3, -0.25) is 14.6 Å². The zero-order chi connectivity index (χ0) is 20.8. The van der Waals surface area contributed by atoms with Crippen LogP contribution in [0.15, 0.2) is 48.5 Å². The summed E-state index contributed by atoms with van der Waals surface area (Å²) in [5.74, 6) is -0.202. The monoisotopic (exact) mass is 411 g/mol. The van der Waals surface area contributed by atoms with E-state index in [1.54, 1.807) is 12.1 Å². The Labute approximate surface area is 177 Å². The van der Waals surface area contributed by atoms with Gasteiger partial charge in [-0.1, -0.05) is 36.4 Å². The molecule has 1 N–H and O–H groups in total. The number of carbonyl (C=O) groups excluding carboxylic acids is 1. The molecular weight excluding hydrogens is 381 g/mol. The van der Waals surface area contributed by atoms with Gasteiger partial charge in [0.15, 0.2) is 0 Å². The molecule has 4 rings (SSSR count). The Morgan fingerprint density at radius 3 is 2.30 bits per heavy atom. The lowest BCUT2D eigenvalue weighted by atomic mass is 10.1. The van der Waals surface area contributed by atoms with E-state index in [4.69, 9.17) is 4.74 Å². The number of hydrogen-bond donors (Lipinski definition) is 1. The van der Waals surface area contributed by atoms with Gasteiger partial charge >= 0.3 is 0 Å². The number of morpholine rings is 1. The molecule has 1 saturated carbocycles. The molecule has 2 aliphatic rings. The molecule has 0 bridgehead atoms. The second-order valence-corrected chi connectivity index (χ2v) is 8.24. The van der Waals surface area contributed by atoms with Crippen LogP contribution in [0.4, 0.5) is 4.39 Å². The molecule has 1 amide bonds. The van der Waals surface area contributed by atoms with Crippen molar-refractivity contribution in [2.24, 2.45) is 0 Å². The summed E-state index contributed by atoms with van der Waals surface area (Å²) in [6.07, 6.45) is 2.25. The van der Waals surface area contributed by atoms with Crippen LogP contribution in [0.2, 0.25) is 0 Å². The minimum Gasteiger partial charge on any atom is -0.379 e. The maximum absolute atomic E-state index is 13.1. The molecule has 0 radical (unpaired) electrons. The number of carbonyl (C=O) groups is 1. The van der Waals surface area contributed by atoms with Crippen molar-refractivity contribution in [1.29, 1.82) is 0 Å². The van der Waals surface area contributed by atoms with Crippen LogP contribution in [0, 0.1) is 5.82 Å². The van der Waals surface area contributed by atoms with Crippen LogP contribution in [-0.4, -0.2) is 54.6 Å². The van der Waals surface area contributed by atoms with Crippen LogP contribution < -0.4 is 5.32 Å². The average molecular weight is 412 g/mol. The van der Waals surface area contributed by atoms with Crippen molar-refractivity contribution in [3.8, 4) is 0 Å². The number of nitrogens with one attached hydrogen (secondary N) is 1. The number of rotatable bonds is 9. The summed E-state index contributed by atoms with van der Waals surface area (Å²) in [5.41, 5.74) is 3.42. The van der Waals surface area contributed by atoms with E-state index in [0.717, 1.165) is 56.8 Å². The molecule has 0 atom stereocenters. The quantitative estimate of drug-likeness (QED) is 0.689. The first-order valence-electron chi connectivity index (χ1n) is 10.8. The first-order valence-corrected chi connectivity index (χ1v) is 10.8. The third-order valence-electron chi connectivity index (χ3n) is 5.73. The third-order valence-corrected chi connectivity index (χ3v) is 5.73. The maximum Gasteiger partial charge on any atom is 0.234 e. The normalized spacial score (nSPS) is 17.3. The summed E-state index contributed by atoms with van der Waals surface area (Å²) in [6, 6.07) is 15.5. The predicted molar refractivity (Wildman–Crippen MR) is 114 cm³/mol. The van der Waals surface area contributed by atoms with Crippen LogP contribution in [0.25, 0.3) is 0 Å². The van der Waals surface area contributed by atoms with Gasteiger partial charge in [-0.25, -0.2) is 4.39 Å². The molecule has 6 heteroatoms. The maximum atomic E-state index is 13.1. The smallest absolute Gasteiger partial charge is 0.234 e. The molecule has 1 saturated heterocycles. The molecule has 1 aliphatic carbocycles. The molecule has 0 unspecified atom stereocenters. The van der Waals surface area contributed by atoms with Crippen molar-refractivity contribution in [3.05, 3.63) is 71.0 Å². The molecule has 2 aromatic carbocycles. The summed E-state index contributed by atoms with van der Waals surface area (Å²) >= 11 is 0. The fourth-order valence-corrected chi connectivity index (χ4v) is 3.80. The standard InChI is InChI=1S/C24H30FN3O2/c25-22-7-5-21(6-8-22)17-28(23-9-10-23)18-24(29)26-15-19-1-3-20(4-2-19)16-27-11-13-30-14-12-27/h1-8,23H,9-18H2,(H,26,29). The van der Waals surface area contributed by atoms with E-state index in [2.05, 4.69) is 39.4 Å². The molecule has 2 aromatic rings. The Hall–Kier alpha value is -2.28. The van der Waals surface area contributed by atoms with E-state index in [1.807, 2.05) is 0 Å². The van der Waals surface area contributed by atoms with Gasteiger partial charge in [-0.2, -0.15) is 0 Å². The van der Waals surface area contributed by atoms with Crippen molar-refractivity contribution >= 4 is 5.91 Å². The highest BCUT2D eigenvalue weighted by Crippen LogP contribution is 2.28. The fourth-order valence-electron chi connectivity index (χ4n) is 3.80. The Kier molecular flexibility index (Phi) is 7.10. The lowest BCUT2D eigenvalue weighted by Gasteiger charge is -2.26. The minimum atomic E-state index is -0.231. The molecule has 0 aromatic heterocycles. The van der Waals surface area contributed by atoms with Gasteiger partial charge in [0.1, 0.15) is 5.82 Å². The predicted octanol–water partition coefficient (Wildman–Crippen LogP) is 2.94.